The monoisotopic (exact) mass is 195 g/mol. The highest BCUT2D eigenvalue weighted by Gasteiger charge is 2.06. The fourth-order valence-electron chi connectivity index (χ4n) is 1.12. The largest absolute Gasteiger partial charge is 0.468 e. The van der Waals surface area contributed by atoms with Gasteiger partial charge in [-0.15, -0.1) is 0 Å². The van der Waals surface area contributed by atoms with E-state index < -0.39 is 0 Å². The van der Waals surface area contributed by atoms with Crippen molar-refractivity contribution in [1.29, 1.82) is 0 Å². The van der Waals surface area contributed by atoms with E-state index in [2.05, 4.69) is 4.74 Å². The number of carbonyl (C=O) groups excluding carboxylic acids is 2. The summed E-state index contributed by atoms with van der Waals surface area (Å²) in [5.74, 6) is -0.246. The molecule has 0 bridgehead atoms. The van der Waals surface area contributed by atoms with Crippen molar-refractivity contribution < 1.29 is 14.3 Å². The van der Waals surface area contributed by atoms with Gasteiger partial charge in [-0.2, -0.15) is 0 Å². The molecule has 0 atom stereocenters. The van der Waals surface area contributed by atoms with Crippen LogP contribution in [-0.4, -0.2) is 23.4 Å². The number of esters is 1. The van der Waals surface area contributed by atoms with Crippen LogP contribution in [0, 0.1) is 0 Å². The Morgan fingerprint density at radius 2 is 2.21 bits per heavy atom. The van der Waals surface area contributed by atoms with Gasteiger partial charge >= 0.3 is 5.97 Å². The van der Waals surface area contributed by atoms with Crippen LogP contribution >= 0.6 is 0 Å². The average molecular weight is 195 g/mol. The number of Topliss-reactive ketones (excluding diaryl/α,β-unsaturated/α-hetero) is 1. The van der Waals surface area contributed by atoms with Crippen molar-refractivity contribution >= 4 is 11.8 Å². The number of aromatic nitrogens is 1. The lowest BCUT2D eigenvalue weighted by molar-refractivity contribution is -0.141. The van der Waals surface area contributed by atoms with Crippen LogP contribution in [-0.2, 0) is 16.1 Å². The minimum absolute atomic E-state index is 0.0774. The molecule has 1 heterocycles. The molecule has 1 aromatic rings. The highest BCUT2D eigenvalue weighted by atomic mass is 16.5. The van der Waals surface area contributed by atoms with Gasteiger partial charge in [-0.25, -0.2) is 0 Å². The molecule has 1 aromatic heterocycles. The first-order valence-electron chi connectivity index (χ1n) is 4.43. The third-order valence-corrected chi connectivity index (χ3v) is 1.93. The zero-order chi connectivity index (χ0) is 10.6. The van der Waals surface area contributed by atoms with E-state index in [4.69, 9.17) is 0 Å². The van der Waals surface area contributed by atoms with Crippen molar-refractivity contribution in [3.8, 4) is 0 Å². The molecular weight excluding hydrogens is 182 g/mol. The summed E-state index contributed by atoms with van der Waals surface area (Å²) in [5.41, 5.74) is 0.636. The van der Waals surface area contributed by atoms with Crippen molar-refractivity contribution in [3.05, 3.63) is 24.0 Å². The van der Waals surface area contributed by atoms with E-state index in [9.17, 15) is 9.59 Å². The Labute approximate surface area is 82.5 Å². The van der Waals surface area contributed by atoms with Crippen molar-refractivity contribution in [2.24, 2.45) is 0 Å². The molecule has 0 saturated carbocycles. The van der Waals surface area contributed by atoms with Gasteiger partial charge in [0.25, 0.3) is 0 Å². The summed E-state index contributed by atoms with van der Waals surface area (Å²) in [6, 6.07) is 1.70. The molecule has 4 heteroatoms. The molecule has 0 aromatic carbocycles. The van der Waals surface area contributed by atoms with Gasteiger partial charge < -0.3 is 9.30 Å². The SMILES string of the molecule is CCC(=O)c1ccn(CC(=O)OC)c1. The molecule has 14 heavy (non-hydrogen) atoms. The third-order valence-electron chi connectivity index (χ3n) is 1.93. The molecule has 1 rings (SSSR count). The second-order valence-electron chi connectivity index (χ2n) is 2.93. The number of ether oxygens (including phenoxy) is 1. The summed E-state index contributed by atoms with van der Waals surface area (Å²) in [7, 11) is 1.34. The maximum atomic E-state index is 11.3. The number of hydrogen-bond acceptors (Lipinski definition) is 3. The van der Waals surface area contributed by atoms with Crippen LogP contribution in [0.3, 0.4) is 0 Å². The van der Waals surface area contributed by atoms with E-state index in [0.29, 0.717) is 12.0 Å². The van der Waals surface area contributed by atoms with Gasteiger partial charge in [-0.1, -0.05) is 6.92 Å². The molecule has 0 saturated heterocycles. The van der Waals surface area contributed by atoms with E-state index in [1.54, 1.807) is 30.0 Å². The smallest absolute Gasteiger partial charge is 0.325 e. The normalized spacial score (nSPS) is 9.86. The number of hydrogen-bond donors (Lipinski definition) is 0. The van der Waals surface area contributed by atoms with Crippen molar-refractivity contribution in [2.75, 3.05) is 7.11 Å². The van der Waals surface area contributed by atoms with E-state index in [-0.39, 0.29) is 18.3 Å². The van der Waals surface area contributed by atoms with E-state index in [1.165, 1.54) is 7.11 Å². The number of carbonyl (C=O) groups is 2. The Kier molecular flexibility index (Phi) is 3.45. The second kappa shape index (κ2) is 4.60. The molecule has 0 fully saturated rings. The van der Waals surface area contributed by atoms with E-state index in [0.717, 1.165) is 0 Å². The Balaban J connectivity index is 2.68. The third kappa shape index (κ3) is 2.45. The summed E-state index contributed by atoms with van der Waals surface area (Å²) < 4.78 is 6.14. The van der Waals surface area contributed by atoms with Crippen molar-refractivity contribution in [2.45, 2.75) is 19.9 Å². The predicted molar refractivity (Wildman–Crippen MR) is 51.1 cm³/mol. The summed E-state index contributed by atoms with van der Waals surface area (Å²) >= 11 is 0. The summed E-state index contributed by atoms with van der Waals surface area (Å²) in [4.78, 5) is 22.2. The van der Waals surface area contributed by atoms with Crippen LogP contribution in [0.25, 0.3) is 0 Å². The molecule has 4 nitrogen and oxygen atoms in total. The molecular formula is C10H13NO3. The number of rotatable bonds is 4. The molecule has 0 radical (unpaired) electrons. The van der Waals surface area contributed by atoms with Gasteiger partial charge in [0.2, 0.25) is 0 Å². The van der Waals surface area contributed by atoms with Crippen LogP contribution in [0.1, 0.15) is 23.7 Å². The zero-order valence-corrected chi connectivity index (χ0v) is 8.32. The summed E-state index contributed by atoms with van der Waals surface area (Å²) in [6.07, 6.45) is 3.82. The van der Waals surface area contributed by atoms with E-state index in [1.807, 2.05) is 0 Å². The Morgan fingerprint density at radius 3 is 2.79 bits per heavy atom. The van der Waals surface area contributed by atoms with Crippen molar-refractivity contribution in [3.63, 3.8) is 0 Å². The first-order chi connectivity index (χ1) is 6.67. The van der Waals surface area contributed by atoms with Gasteiger partial charge in [-0.3, -0.25) is 9.59 Å². The van der Waals surface area contributed by atoms with Crippen LogP contribution in [0.5, 0.6) is 0 Å². The molecule has 0 spiro atoms. The minimum Gasteiger partial charge on any atom is -0.468 e. The summed E-state index contributed by atoms with van der Waals surface area (Å²) in [5, 5.41) is 0. The standard InChI is InChI=1S/C10H13NO3/c1-3-9(12)8-4-5-11(6-8)7-10(13)14-2/h4-6H,3,7H2,1-2H3. The van der Waals surface area contributed by atoms with Gasteiger partial charge in [0.1, 0.15) is 6.54 Å². The van der Waals surface area contributed by atoms with Crippen LogP contribution in [0.15, 0.2) is 18.5 Å². The highest BCUT2D eigenvalue weighted by Crippen LogP contribution is 2.04. The topological polar surface area (TPSA) is 48.3 Å². The van der Waals surface area contributed by atoms with E-state index >= 15 is 0 Å². The molecule has 0 N–H and O–H groups in total. The van der Waals surface area contributed by atoms with Gasteiger partial charge in [0, 0.05) is 24.4 Å². The first-order valence-corrected chi connectivity index (χ1v) is 4.43. The average Bonchev–Trinajstić information content (AvgIpc) is 2.65. The molecule has 0 aliphatic heterocycles. The lowest BCUT2D eigenvalue weighted by Crippen LogP contribution is -2.09. The molecule has 0 amide bonds. The highest BCUT2D eigenvalue weighted by molar-refractivity contribution is 5.95. The predicted octanol–water partition coefficient (Wildman–Crippen LogP) is 1.25. The maximum Gasteiger partial charge on any atom is 0.325 e. The van der Waals surface area contributed by atoms with Gasteiger partial charge in [0.15, 0.2) is 5.78 Å². The minimum atomic E-state index is -0.323. The fraction of sp³-hybridized carbons (Fsp3) is 0.400. The van der Waals surface area contributed by atoms with Crippen LogP contribution in [0.4, 0.5) is 0 Å². The second-order valence-corrected chi connectivity index (χ2v) is 2.93. The van der Waals surface area contributed by atoms with Crippen molar-refractivity contribution in [1.82, 2.24) is 4.57 Å². The molecule has 0 unspecified atom stereocenters. The Morgan fingerprint density at radius 1 is 1.50 bits per heavy atom. The number of methoxy groups -OCH3 is 1. The maximum absolute atomic E-state index is 11.3. The molecule has 0 aliphatic rings. The lowest BCUT2D eigenvalue weighted by Gasteiger charge is -1.99. The lowest BCUT2D eigenvalue weighted by atomic mass is 10.2. The quantitative estimate of drug-likeness (QED) is 0.536. The first kappa shape index (κ1) is 10.5. The van der Waals surface area contributed by atoms with Crippen LogP contribution < -0.4 is 0 Å². The Hall–Kier alpha value is -1.58. The Bertz CT molecular complexity index is 341. The van der Waals surface area contributed by atoms with Gasteiger partial charge in [-0.05, 0) is 6.07 Å². The zero-order valence-electron chi connectivity index (χ0n) is 8.32. The molecule has 0 aliphatic carbocycles. The number of nitrogens with zero attached hydrogens (tertiary/aromatic N) is 1. The fourth-order valence-corrected chi connectivity index (χ4v) is 1.12. The summed E-state index contributed by atoms with van der Waals surface area (Å²) in [6.45, 7) is 1.95. The van der Waals surface area contributed by atoms with Crippen LogP contribution in [0.2, 0.25) is 0 Å². The molecule has 76 valence electrons. The number of ketones is 1. The van der Waals surface area contributed by atoms with Gasteiger partial charge in [0.05, 0.1) is 7.11 Å².